The highest BCUT2D eigenvalue weighted by atomic mass is 19.1. The van der Waals surface area contributed by atoms with Crippen molar-refractivity contribution in [1.29, 1.82) is 0 Å². The Bertz CT molecular complexity index is 612. The fourth-order valence-electron chi connectivity index (χ4n) is 1.63. The molecule has 7 heteroatoms. The monoisotopic (exact) mass is 264 g/mol. The van der Waals surface area contributed by atoms with Gasteiger partial charge in [-0.2, -0.15) is 5.10 Å². The molecule has 0 atom stereocenters. The lowest BCUT2D eigenvalue weighted by Gasteiger charge is -2.15. The molecule has 0 aliphatic rings. The number of carbonyl (C=O) groups excluding carboxylic acids is 1. The molecule has 2 aromatic rings. The summed E-state index contributed by atoms with van der Waals surface area (Å²) in [6, 6.07) is 3.23. The molecule has 0 fully saturated rings. The van der Waals surface area contributed by atoms with Crippen LogP contribution in [0.15, 0.2) is 18.2 Å². The van der Waals surface area contributed by atoms with E-state index < -0.39 is 11.7 Å². The van der Waals surface area contributed by atoms with Gasteiger partial charge < -0.3 is 10.0 Å². The van der Waals surface area contributed by atoms with Gasteiger partial charge in [0, 0.05) is 7.05 Å². The minimum atomic E-state index is -0.580. The molecule has 0 radical (unpaired) electrons. The van der Waals surface area contributed by atoms with Crippen LogP contribution in [0.3, 0.4) is 0 Å². The van der Waals surface area contributed by atoms with Crippen molar-refractivity contribution < 1.29 is 14.3 Å². The molecule has 0 aliphatic carbocycles. The number of hydrogen-bond acceptors (Lipinski definition) is 4. The number of amides is 1. The van der Waals surface area contributed by atoms with E-state index in [-0.39, 0.29) is 17.9 Å². The Morgan fingerprint density at radius 1 is 1.53 bits per heavy atom. The Morgan fingerprint density at radius 2 is 2.26 bits per heavy atom. The van der Waals surface area contributed by atoms with E-state index >= 15 is 0 Å². The third-order valence-electron chi connectivity index (χ3n) is 2.56. The Balaban J connectivity index is 2.16. The van der Waals surface area contributed by atoms with E-state index in [1.165, 1.54) is 11.9 Å². The molecule has 0 saturated carbocycles. The van der Waals surface area contributed by atoms with Crippen LogP contribution in [0.2, 0.25) is 0 Å². The standard InChI is InChI=1S/C12H13FN4O2/c1-7-14-11(16-15-7)6-17(2)12(19)9-5-8(13)3-4-10(9)18/h3-5,18H,6H2,1-2H3,(H,14,15,16). The highest BCUT2D eigenvalue weighted by Gasteiger charge is 2.18. The number of carbonyl (C=O) groups is 1. The first-order valence-corrected chi connectivity index (χ1v) is 5.59. The second kappa shape index (κ2) is 5.05. The molecule has 6 nitrogen and oxygen atoms in total. The van der Waals surface area contributed by atoms with Crippen molar-refractivity contribution in [3.63, 3.8) is 0 Å². The van der Waals surface area contributed by atoms with E-state index in [9.17, 15) is 14.3 Å². The zero-order valence-electron chi connectivity index (χ0n) is 10.5. The van der Waals surface area contributed by atoms with Crippen molar-refractivity contribution in [2.45, 2.75) is 13.5 Å². The van der Waals surface area contributed by atoms with Gasteiger partial charge in [0.05, 0.1) is 12.1 Å². The molecule has 19 heavy (non-hydrogen) atoms. The predicted molar refractivity (Wildman–Crippen MR) is 65.0 cm³/mol. The van der Waals surface area contributed by atoms with Crippen LogP contribution >= 0.6 is 0 Å². The average Bonchev–Trinajstić information content (AvgIpc) is 2.77. The van der Waals surface area contributed by atoms with Crippen LogP contribution in [-0.2, 0) is 6.54 Å². The molecule has 1 heterocycles. The average molecular weight is 264 g/mol. The molecule has 1 aromatic heterocycles. The van der Waals surface area contributed by atoms with E-state index in [0.717, 1.165) is 18.2 Å². The van der Waals surface area contributed by atoms with Gasteiger partial charge in [0.2, 0.25) is 0 Å². The summed E-state index contributed by atoms with van der Waals surface area (Å²) in [5.41, 5.74) is -0.0882. The predicted octanol–water partition coefficient (Wildman–Crippen LogP) is 1.23. The van der Waals surface area contributed by atoms with Gasteiger partial charge in [0.25, 0.3) is 5.91 Å². The highest BCUT2D eigenvalue weighted by molar-refractivity contribution is 5.96. The molecule has 0 saturated heterocycles. The summed E-state index contributed by atoms with van der Waals surface area (Å²) in [4.78, 5) is 17.4. The largest absolute Gasteiger partial charge is 0.507 e. The normalized spacial score (nSPS) is 10.5. The highest BCUT2D eigenvalue weighted by Crippen LogP contribution is 2.19. The topological polar surface area (TPSA) is 82.1 Å². The first-order chi connectivity index (χ1) is 8.97. The zero-order valence-corrected chi connectivity index (χ0v) is 10.5. The van der Waals surface area contributed by atoms with E-state index in [2.05, 4.69) is 15.2 Å². The summed E-state index contributed by atoms with van der Waals surface area (Å²) in [7, 11) is 1.53. The van der Waals surface area contributed by atoms with E-state index in [1.807, 2.05) is 0 Å². The number of nitrogens with zero attached hydrogens (tertiary/aromatic N) is 3. The minimum Gasteiger partial charge on any atom is -0.507 e. The van der Waals surface area contributed by atoms with Crippen LogP contribution in [-0.4, -0.2) is 38.1 Å². The number of nitrogens with one attached hydrogen (secondary N) is 1. The summed E-state index contributed by atoms with van der Waals surface area (Å²) in [5, 5.41) is 16.1. The molecule has 100 valence electrons. The lowest BCUT2D eigenvalue weighted by atomic mass is 10.1. The van der Waals surface area contributed by atoms with Crippen molar-refractivity contribution in [2.75, 3.05) is 7.05 Å². The summed E-state index contributed by atoms with van der Waals surface area (Å²) in [6.45, 7) is 1.91. The van der Waals surface area contributed by atoms with E-state index in [1.54, 1.807) is 6.92 Å². The number of phenols is 1. The van der Waals surface area contributed by atoms with Gasteiger partial charge in [-0.05, 0) is 25.1 Å². The van der Waals surface area contributed by atoms with Crippen LogP contribution in [0.25, 0.3) is 0 Å². The number of aromatic hydroxyl groups is 1. The van der Waals surface area contributed by atoms with Gasteiger partial charge >= 0.3 is 0 Å². The third-order valence-corrected chi connectivity index (χ3v) is 2.56. The Morgan fingerprint density at radius 3 is 2.89 bits per heavy atom. The van der Waals surface area contributed by atoms with Crippen LogP contribution < -0.4 is 0 Å². The van der Waals surface area contributed by atoms with Crippen molar-refractivity contribution in [3.8, 4) is 5.75 Å². The van der Waals surface area contributed by atoms with Gasteiger partial charge in [0.15, 0.2) is 5.82 Å². The lowest BCUT2D eigenvalue weighted by Crippen LogP contribution is -2.27. The van der Waals surface area contributed by atoms with E-state index in [4.69, 9.17) is 0 Å². The second-order valence-corrected chi connectivity index (χ2v) is 4.16. The summed E-state index contributed by atoms with van der Waals surface area (Å²) in [5.74, 6) is -0.249. The van der Waals surface area contributed by atoms with Gasteiger partial charge in [-0.3, -0.25) is 9.89 Å². The first kappa shape index (κ1) is 13.0. The number of hydrogen-bond donors (Lipinski definition) is 2. The number of aromatic amines is 1. The molecular formula is C12H13FN4O2. The van der Waals surface area contributed by atoms with Crippen LogP contribution in [0.1, 0.15) is 22.0 Å². The van der Waals surface area contributed by atoms with Gasteiger partial charge in [0.1, 0.15) is 17.4 Å². The van der Waals surface area contributed by atoms with E-state index in [0.29, 0.717) is 11.6 Å². The number of aryl methyl sites for hydroxylation is 1. The van der Waals surface area contributed by atoms with Gasteiger partial charge in [-0.1, -0.05) is 0 Å². The number of benzene rings is 1. The molecule has 2 rings (SSSR count). The molecule has 1 amide bonds. The molecule has 0 unspecified atom stereocenters. The first-order valence-electron chi connectivity index (χ1n) is 5.59. The Kier molecular flexibility index (Phi) is 3.46. The number of halogens is 1. The van der Waals surface area contributed by atoms with Crippen molar-refractivity contribution >= 4 is 5.91 Å². The summed E-state index contributed by atoms with van der Waals surface area (Å²) >= 11 is 0. The van der Waals surface area contributed by atoms with Crippen LogP contribution in [0.4, 0.5) is 4.39 Å². The number of aromatic nitrogens is 3. The van der Waals surface area contributed by atoms with Crippen LogP contribution in [0.5, 0.6) is 5.75 Å². The lowest BCUT2D eigenvalue weighted by molar-refractivity contribution is 0.0778. The van der Waals surface area contributed by atoms with Crippen molar-refractivity contribution in [1.82, 2.24) is 20.1 Å². The summed E-state index contributed by atoms with van der Waals surface area (Å²) < 4.78 is 13.1. The molecule has 1 aromatic carbocycles. The Hall–Kier alpha value is -2.44. The maximum absolute atomic E-state index is 13.1. The zero-order chi connectivity index (χ0) is 14.0. The van der Waals surface area contributed by atoms with Gasteiger partial charge in [-0.25, -0.2) is 9.37 Å². The number of H-pyrrole nitrogens is 1. The van der Waals surface area contributed by atoms with Gasteiger partial charge in [-0.15, -0.1) is 0 Å². The second-order valence-electron chi connectivity index (χ2n) is 4.16. The maximum Gasteiger partial charge on any atom is 0.257 e. The molecule has 0 aliphatic heterocycles. The number of rotatable bonds is 3. The fourth-order valence-corrected chi connectivity index (χ4v) is 1.63. The molecule has 0 bridgehead atoms. The minimum absolute atomic E-state index is 0.0882. The smallest absolute Gasteiger partial charge is 0.257 e. The molecular weight excluding hydrogens is 251 g/mol. The molecule has 2 N–H and O–H groups in total. The fraction of sp³-hybridized carbons (Fsp3) is 0.250. The number of phenolic OH excluding ortho intramolecular Hbond substituents is 1. The van der Waals surface area contributed by atoms with Crippen molar-refractivity contribution in [3.05, 3.63) is 41.2 Å². The third kappa shape index (κ3) is 2.87. The van der Waals surface area contributed by atoms with Crippen molar-refractivity contribution in [2.24, 2.45) is 0 Å². The van der Waals surface area contributed by atoms with Crippen LogP contribution in [0, 0.1) is 12.7 Å². The molecule has 0 spiro atoms. The Labute approximate surface area is 108 Å². The SMILES string of the molecule is Cc1nc(CN(C)C(=O)c2cc(F)ccc2O)n[nH]1. The summed E-state index contributed by atoms with van der Waals surface area (Å²) in [6.07, 6.45) is 0. The maximum atomic E-state index is 13.1. The quantitative estimate of drug-likeness (QED) is 0.873.